The van der Waals surface area contributed by atoms with Gasteiger partial charge in [-0.1, -0.05) is 38.1 Å². The monoisotopic (exact) mass is 1170 g/mol. The maximum absolute atomic E-state index is 13.0. The van der Waals surface area contributed by atoms with Crippen LogP contribution in [0.25, 0.3) is 66.1 Å². The number of aromatic amines is 2. The summed E-state index contributed by atoms with van der Waals surface area (Å²) in [6, 6.07) is 26.4. The number of nitrogens with one attached hydrogen (secondary N) is 2. The first-order valence-electron chi connectivity index (χ1n) is 27.2. The first kappa shape index (κ1) is 59.1. The van der Waals surface area contributed by atoms with Crippen LogP contribution in [-0.2, 0) is 37.9 Å². The summed E-state index contributed by atoms with van der Waals surface area (Å²) < 4.78 is 97.0. The fourth-order valence-electron chi connectivity index (χ4n) is 9.95. The molecule has 2 saturated carbocycles. The van der Waals surface area contributed by atoms with E-state index < -0.39 is 34.9 Å². The Kier molecular flexibility index (Phi) is 18.4. The number of benzene rings is 4. The Morgan fingerprint density at radius 2 is 1.01 bits per heavy atom. The highest BCUT2D eigenvalue weighted by molar-refractivity contribution is 7.92. The molecule has 0 aliphatic heterocycles. The third-order valence-electron chi connectivity index (χ3n) is 14.4. The molecule has 4 N–H and O–H groups in total. The van der Waals surface area contributed by atoms with Crippen molar-refractivity contribution in [2.24, 2.45) is 0 Å². The van der Waals surface area contributed by atoms with Gasteiger partial charge in [0.15, 0.2) is 27.0 Å². The van der Waals surface area contributed by atoms with E-state index in [0.717, 1.165) is 122 Å². The molecule has 8 aromatic rings. The van der Waals surface area contributed by atoms with E-state index in [0.29, 0.717) is 74.3 Å². The van der Waals surface area contributed by atoms with E-state index in [9.17, 15) is 26.0 Å². The highest BCUT2D eigenvalue weighted by Crippen LogP contribution is 2.43. The van der Waals surface area contributed by atoms with E-state index in [1.807, 2.05) is 74.3 Å². The van der Waals surface area contributed by atoms with Crippen molar-refractivity contribution in [3.8, 4) is 33.8 Å². The predicted molar refractivity (Wildman–Crippen MR) is 316 cm³/mol. The SMILES string of the molecule is CCN(CCCOc1ccc(-c2cccc(S(=O)(=O)C3CC3)c2)c2c1[nH]c1ncc(C)cc12)CCOP(=O)(O)O.CCN(CCCOc1ccc(-c2cccc(S(=O)(=O)C3CC3)c2)c2c1[nH]c1ncc(C)cc12)CCOP(C)(C)=O. The first-order chi connectivity index (χ1) is 38.1. The summed E-state index contributed by atoms with van der Waals surface area (Å²) in [5.74, 6) is 1.41. The van der Waals surface area contributed by atoms with E-state index in [2.05, 4.69) is 48.4 Å². The smallest absolute Gasteiger partial charge is 0.469 e. The van der Waals surface area contributed by atoms with Crippen LogP contribution in [0, 0.1) is 13.8 Å². The van der Waals surface area contributed by atoms with Crippen LogP contribution in [0.1, 0.15) is 63.5 Å². The van der Waals surface area contributed by atoms with Gasteiger partial charge in [-0.15, -0.1) is 0 Å². The zero-order valence-corrected chi connectivity index (χ0v) is 49.6. The van der Waals surface area contributed by atoms with Gasteiger partial charge >= 0.3 is 7.82 Å². The summed E-state index contributed by atoms with van der Waals surface area (Å²) in [4.78, 5) is 38.8. The largest absolute Gasteiger partial charge is 0.491 e. The number of rotatable bonds is 26. The lowest BCUT2D eigenvalue weighted by Crippen LogP contribution is -2.29. The average molecular weight is 1170 g/mol. The van der Waals surface area contributed by atoms with Gasteiger partial charge in [-0.3, -0.25) is 9.09 Å². The molecule has 0 bridgehead atoms. The minimum atomic E-state index is -4.47. The van der Waals surface area contributed by atoms with Crippen LogP contribution in [0.3, 0.4) is 0 Å². The number of pyridine rings is 2. The van der Waals surface area contributed by atoms with Gasteiger partial charge in [0.05, 0.1) is 57.8 Å². The lowest BCUT2D eigenvalue weighted by atomic mass is 9.99. The number of likely N-dealkylation sites (N-methyl/N-ethyl adjacent to an activating group) is 2. The zero-order chi connectivity index (χ0) is 57.0. The highest BCUT2D eigenvalue weighted by Gasteiger charge is 2.38. The van der Waals surface area contributed by atoms with Crippen molar-refractivity contribution in [2.45, 2.75) is 86.5 Å². The maximum Gasteiger partial charge on any atom is 0.469 e. The lowest BCUT2D eigenvalue weighted by molar-refractivity contribution is 0.159. The van der Waals surface area contributed by atoms with Gasteiger partial charge in [0, 0.05) is 73.4 Å². The van der Waals surface area contributed by atoms with E-state index in [-0.39, 0.29) is 17.1 Å². The van der Waals surface area contributed by atoms with Gasteiger partial charge in [0.25, 0.3) is 0 Å². The molecule has 2 aliphatic carbocycles. The molecule has 0 radical (unpaired) electrons. The highest BCUT2D eigenvalue weighted by atomic mass is 32.2. The quantitative estimate of drug-likeness (QED) is 0.0291. The van der Waals surface area contributed by atoms with Gasteiger partial charge in [-0.25, -0.2) is 31.4 Å². The molecule has 0 unspecified atom stereocenters. The number of hydrogen-bond acceptors (Lipinski definition) is 14. The summed E-state index contributed by atoms with van der Waals surface area (Å²) in [6.45, 7) is 17.0. The molecule has 80 heavy (non-hydrogen) atoms. The number of phosphoric ester groups is 1. The molecule has 428 valence electrons. The number of ether oxygens (including phenoxy) is 2. The number of nitrogens with zero attached hydrogens (tertiary/aromatic N) is 4. The Morgan fingerprint density at radius 1 is 0.588 bits per heavy atom. The van der Waals surface area contributed by atoms with Crippen molar-refractivity contribution in [2.75, 3.05) is 79.0 Å². The van der Waals surface area contributed by atoms with Crippen LogP contribution in [0.4, 0.5) is 0 Å². The Morgan fingerprint density at radius 3 is 1.40 bits per heavy atom. The van der Waals surface area contributed by atoms with Crippen molar-refractivity contribution in [1.29, 1.82) is 0 Å². The molecule has 0 amide bonds. The Labute approximate surface area is 468 Å². The van der Waals surface area contributed by atoms with Crippen LogP contribution >= 0.6 is 15.2 Å². The average Bonchev–Trinajstić information content (AvgIpc) is 4.55. The van der Waals surface area contributed by atoms with Crippen molar-refractivity contribution in [3.05, 3.63) is 108 Å². The van der Waals surface area contributed by atoms with Crippen molar-refractivity contribution >= 4 is 78.7 Å². The number of aryl methyl sites for hydroxylation is 2. The number of aromatic nitrogens is 4. The van der Waals surface area contributed by atoms with E-state index >= 15 is 0 Å². The van der Waals surface area contributed by atoms with Crippen LogP contribution in [0.15, 0.2) is 107 Å². The van der Waals surface area contributed by atoms with Gasteiger partial charge in [0.1, 0.15) is 22.8 Å². The van der Waals surface area contributed by atoms with Crippen molar-refractivity contribution in [1.82, 2.24) is 29.7 Å². The van der Waals surface area contributed by atoms with E-state index in [4.69, 9.17) is 23.8 Å². The fourth-order valence-corrected chi connectivity index (χ4v) is 14.2. The normalized spacial score (nSPS) is 14.4. The molecule has 22 heteroatoms. The second kappa shape index (κ2) is 24.9. The summed E-state index contributed by atoms with van der Waals surface area (Å²) in [6.07, 6.45) is 8.06. The summed E-state index contributed by atoms with van der Waals surface area (Å²) in [5, 5.41) is 3.28. The number of H-pyrrole nitrogens is 2. The van der Waals surface area contributed by atoms with Gasteiger partial charge < -0.3 is 43.6 Å². The second-order valence-electron chi connectivity index (χ2n) is 21.0. The first-order valence-corrected chi connectivity index (χ1v) is 34.4. The second-order valence-corrected chi connectivity index (χ2v) is 29.5. The topological polar surface area (TPSA) is 244 Å². The van der Waals surface area contributed by atoms with Crippen LogP contribution in [-0.4, -0.2) is 146 Å². The Balaban J connectivity index is 0.000000194. The molecule has 18 nitrogen and oxygen atoms in total. The standard InChI is InChI=1S/C30H38N3O5PS.C28H34N3O7PS/c1-5-33(15-17-38-39(3,4)34)14-7-16-37-27-13-12-25(28-26-18-21(2)20-31-30(26)32-29(27)28)22-8-6-9-24(19-22)40(35,36)23-10-11-23;1-3-31(13-15-38-39(32,33)34)12-5-14-37-25-11-10-23(26-24-16-19(2)18-29-28(24)30-27(25)26)20-6-4-7-22(17-20)40(35,36)21-8-9-21/h6,8-9,12-13,18-20,23H,5,7,10-11,14-17H2,1-4H3,(H,31,32);4,6-7,10-11,16-18,21H,3,5,8-9,12-15H2,1-2H3,(H,29,30)(H2,32,33,34). The molecule has 4 heterocycles. The summed E-state index contributed by atoms with van der Waals surface area (Å²) in [7, 11) is -13.6. The van der Waals surface area contributed by atoms with Crippen LogP contribution < -0.4 is 9.47 Å². The lowest BCUT2D eigenvalue weighted by Gasteiger charge is -2.21. The molecule has 0 spiro atoms. The molecule has 2 fully saturated rings. The van der Waals surface area contributed by atoms with Gasteiger partial charge in [-0.2, -0.15) is 0 Å². The number of hydrogen-bond donors (Lipinski definition) is 4. The zero-order valence-electron chi connectivity index (χ0n) is 46.2. The molecule has 4 aromatic heterocycles. The van der Waals surface area contributed by atoms with Crippen molar-refractivity contribution < 1.29 is 54.3 Å². The third-order valence-corrected chi connectivity index (χ3v) is 20.2. The Hall–Kier alpha value is -5.50. The minimum Gasteiger partial charge on any atom is -0.491 e. The minimum absolute atomic E-state index is 0.0499. The molecule has 4 aromatic carbocycles. The van der Waals surface area contributed by atoms with E-state index in [1.165, 1.54) is 0 Å². The number of fused-ring (bicyclic) bond motifs is 6. The molecular formula is C58H72N6O12P2S2. The van der Waals surface area contributed by atoms with Gasteiger partial charge in [-0.05, 0) is 160 Å². The van der Waals surface area contributed by atoms with E-state index in [1.54, 1.807) is 49.9 Å². The number of phosphoric acid groups is 1. The Bertz CT molecular complexity index is 3600. The predicted octanol–water partition coefficient (Wildman–Crippen LogP) is 11.1. The maximum atomic E-state index is 13.0. The fraction of sp³-hybridized carbons (Fsp3) is 0.414. The summed E-state index contributed by atoms with van der Waals surface area (Å²) in [5.41, 5.74) is 8.70. The summed E-state index contributed by atoms with van der Waals surface area (Å²) >= 11 is 0. The van der Waals surface area contributed by atoms with Crippen LogP contribution in [0.5, 0.6) is 11.5 Å². The number of sulfone groups is 2. The van der Waals surface area contributed by atoms with Crippen LogP contribution in [0.2, 0.25) is 0 Å². The molecule has 2 aliphatic rings. The molecule has 0 saturated heterocycles. The molecular weight excluding hydrogens is 1100 g/mol. The van der Waals surface area contributed by atoms with Gasteiger partial charge in [0.2, 0.25) is 0 Å². The third kappa shape index (κ3) is 14.4. The molecule has 0 atom stereocenters. The molecule has 10 rings (SSSR count). The van der Waals surface area contributed by atoms with Crippen molar-refractivity contribution in [3.63, 3.8) is 0 Å².